The van der Waals surface area contributed by atoms with Crippen molar-refractivity contribution in [2.24, 2.45) is 0 Å². The van der Waals surface area contributed by atoms with Crippen LogP contribution in [0, 0.1) is 3.57 Å². The number of hydrogen-bond donors (Lipinski definition) is 0. The number of carbonyl (C=O) groups is 2. The summed E-state index contributed by atoms with van der Waals surface area (Å²) in [4.78, 5) is 25.6. The van der Waals surface area contributed by atoms with Crippen LogP contribution in [-0.4, -0.2) is 36.5 Å². The third-order valence-electron chi connectivity index (χ3n) is 3.06. The second kappa shape index (κ2) is 5.69. The van der Waals surface area contributed by atoms with Gasteiger partial charge in [-0.1, -0.05) is 6.07 Å². The zero-order valence-corrected chi connectivity index (χ0v) is 12.2. The number of ether oxygens (including phenoxy) is 1. The van der Waals surface area contributed by atoms with Gasteiger partial charge in [0.15, 0.2) is 0 Å². The second-order valence-corrected chi connectivity index (χ2v) is 5.44. The van der Waals surface area contributed by atoms with Crippen molar-refractivity contribution in [1.82, 2.24) is 4.90 Å². The highest BCUT2D eigenvalue weighted by Crippen LogP contribution is 2.21. The highest BCUT2D eigenvalue weighted by atomic mass is 127. The number of carbonyl (C=O) groups excluding carboxylic acids is 2. The Morgan fingerprint density at radius 1 is 1.44 bits per heavy atom. The van der Waals surface area contributed by atoms with Gasteiger partial charge in [-0.15, -0.1) is 0 Å². The first-order chi connectivity index (χ1) is 8.63. The lowest BCUT2D eigenvalue weighted by molar-refractivity contribution is -0.145. The summed E-state index contributed by atoms with van der Waals surface area (Å²) in [5.41, 5.74) is 0.623. The van der Waals surface area contributed by atoms with Crippen molar-refractivity contribution in [3.05, 3.63) is 33.4 Å². The van der Waals surface area contributed by atoms with E-state index in [1.807, 2.05) is 18.2 Å². The molecule has 0 radical (unpaired) electrons. The molecule has 0 aliphatic carbocycles. The minimum Gasteiger partial charge on any atom is -0.467 e. The van der Waals surface area contributed by atoms with Crippen LogP contribution in [0.1, 0.15) is 23.2 Å². The molecule has 1 fully saturated rings. The monoisotopic (exact) mass is 359 g/mol. The van der Waals surface area contributed by atoms with E-state index in [9.17, 15) is 9.59 Å². The first-order valence-corrected chi connectivity index (χ1v) is 6.85. The molecule has 1 aliphatic rings. The van der Waals surface area contributed by atoms with Gasteiger partial charge in [-0.3, -0.25) is 4.79 Å². The van der Waals surface area contributed by atoms with E-state index in [0.29, 0.717) is 18.5 Å². The molecule has 1 saturated heterocycles. The molecule has 1 unspecified atom stereocenters. The van der Waals surface area contributed by atoms with Crippen LogP contribution in [0.3, 0.4) is 0 Å². The highest BCUT2D eigenvalue weighted by molar-refractivity contribution is 14.1. The van der Waals surface area contributed by atoms with E-state index in [4.69, 9.17) is 4.74 Å². The van der Waals surface area contributed by atoms with Crippen LogP contribution in [0.25, 0.3) is 0 Å². The van der Waals surface area contributed by atoms with Gasteiger partial charge >= 0.3 is 5.97 Å². The first-order valence-electron chi connectivity index (χ1n) is 5.78. The summed E-state index contributed by atoms with van der Waals surface area (Å²) < 4.78 is 5.75. The van der Waals surface area contributed by atoms with Gasteiger partial charge < -0.3 is 9.64 Å². The molecular formula is C13H14INO3. The highest BCUT2D eigenvalue weighted by Gasteiger charge is 2.35. The fourth-order valence-electron chi connectivity index (χ4n) is 2.18. The Bertz CT molecular complexity index is 475. The fourth-order valence-corrected chi connectivity index (χ4v) is 2.72. The Morgan fingerprint density at radius 3 is 2.89 bits per heavy atom. The topological polar surface area (TPSA) is 46.6 Å². The standard InChI is InChI=1S/C13H14INO3/c1-18-13(17)11-6-3-7-15(11)12(16)9-4-2-5-10(14)8-9/h2,4-5,8,11H,3,6-7H2,1H3. The van der Waals surface area contributed by atoms with Crippen LogP contribution in [0.15, 0.2) is 24.3 Å². The molecule has 1 heterocycles. The van der Waals surface area contributed by atoms with E-state index in [-0.39, 0.29) is 11.9 Å². The average molecular weight is 359 g/mol. The lowest BCUT2D eigenvalue weighted by Crippen LogP contribution is -2.41. The maximum Gasteiger partial charge on any atom is 0.328 e. The molecule has 1 amide bonds. The van der Waals surface area contributed by atoms with Gasteiger partial charge in [-0.05, 0) is 53.6 Å². The number of hydrogen-bond acceptors (Lipinski definition) is 3. The van der Waals surface area contributed by atoms with Crippen molar-refractivity contribution in [3.8, 4) is 0 Å². The van der Waals surface area contributed by atoms with Gasteiger partial charge in [0.2, 0.25) is 0 Å². The van der Waals surface area contributed by atoms with E-state index in [0.717, 1.165) is 9.99 Å². The van der Waals surface area contributed by atoms with E-state index in [2.05, 4.69) is 22.6 Å². The lowest BCUT2D eigenvalue weighted by Gasteiger charge is -2.22. The van der Waals surface area contributed by atoms with Crippen molar-refractivity contribution in [3.63, 3.8) is 0 Å². The maximum absolute atomic E-state index is 12.3. The number of benzene rings is 1. The first kappa shape index (κ1) is 13.3. The molecule has 1 aromatic carbocycles. The number of esters is 1. The Morgan fingerprint density at radius 2 is 2.22 bits per heavy atom. The van der Waals surface area contributed by atoms with Crippen molar-refractivity contribution in [2.45, 2.75) is 18.9 Å². The fraction of sp³-hybridized carbons (Fsp3) is 0.385. The predicted octanol–water partition coefficient (Wildman–Crippen LogP) is 2.07. The molecule has 0 N–H and O–H groups in total. The van der Waals surface area contributed by atoms with Gasteiger partial charge in [0.05, 0.1) is 7.11 Å². The van der Waals surface area contributed by atoms with Crippen LogP contribution in [-0.2, 0) is 9.53 Å². The lowest BCUT2D eigenvalue weighted by atomic mass is 10.1. The number of rotatable bonds is 2. The minimum absolute atomic E-state index is 0.0959. The number of amides is 1. The van der Waals surface area contributed by atoms with Crippen LogP contribution >= 0.6 is 22.6 Å². The van der Waals surface area contributed by atoms with Crippen LogP contribution in [0.5, 0.6) is 0 Å². The molecule has 0 bridgehead atoms. The van der Waals surface area contributed by atoms with Crippen molar-refractivity contribution in [2.75, 3.05) is 13.7 Å². The molecule has 4 nitrogen and oxygen atoms in total. The number of methoxy groups -OCH3 is 1. The van der Waals surface area contributed by atoms with Crippen molar-refractivity contribution >= 4 is 34.5 Å². The SMILES string of the molecule is COC(=O)C1CCCN1C(=O)c1cccc(I)c1. The third-order valence-corrected chi connectivity index (χ3v) is 3.73. The molecule has 0 aromatic heterocycles. The second-order valence-electron chi connectivity index (χ2n) is 4.19. The van der Waals surface area contributed by atoms with Gasteiger partial charge in [0.1, 0.15) is 6.04 Å². The van der Waals surface area contributed by atoms with Gasteiger partial charge in [0, 0.05) is 15.7 Å². The number of halogens is 1. The smallest absolute Gasteiger partial charge is 0.328 e. The Labute approximate surface area is 119 Å². The zero-order chi connectivity index (χ0) is 13.1. The molecule has 0 saturated carbocycles. The van der Waals surface area contributed by atoms with E-state index in [1.165, 1.54) is 7.11 Å². The minimum atomic E-state index is -0.430. The molecule has 5 heteroatoms. The van der Waals surface area contributed by atoms with Crippen LogP contribution in [0.2, 0.25) is 0 Å². The number of nitrogens with zero attached hydrogens (tertiary/aromatic N) is 1. The van der Waals surface area contributed by atoms with Crippen LogP contribution in [0.4, 0.5) is 0 Å². The summed E-state index contributed by atoms with van der Waals surface area (Å²) in [6.07, 6.45) is 1.53. The van der Waals surface area contributed by atoms with Crippen molar-refractivity contribution < 1.29 is 14.3 Å². The van der Waals surface area contributed by atoms with E-state index >= 15 is 0 Å². The molecule has 96 valence electrons. The van der Waals surface area contributed by atoms with Gasteiger partial charge in [0.25, 0.3) is 5.91 Å². The molecule has 0 spiro atoms. The van der Waals surface area contributed by atoms with Crippen molar-refractivity contribution in [1.29, 1.82) is 0 Å². The van der Waals surface area contributed by atoms with Gasteiger partial charge in [-0.2, -0.15) is 0 Å². The summed E-state index contributed by atoms with van der Waals surface area (Å²) in [6.45, 7) is 0.615. The molecule has 1 atom stereocenters. The summed E-state index contributed by atoms with van der Waals surface area (Å²) >= 11 is 2.17. The number of likely N-dealkylation sites (tertiary alicyclic amines) is 1. The largest absolute Gasteiger partial charge is 0.467 e. The molecule has 18 heavy (non-hydrogen) atoms. The quantitative estimate of drug-likeness (QED) is 0.600. The zero-order valence-electron chi connectivity index (χ0n) is 10.1. The summed E-state index contributed by atoms with van der Waals surface area (Å²) in [6, 6.07) is 6.95. The van der Waals surface area contributed by atoms with Crippen LogP contribution < -0.4 is 0 Å². The van der Waals surface area contributed by atoms with E-state index < -0.39 is 6.04 Å². The summed E-state index contributed by atoms with van der Waals surface area (Å²) in [7, 11) is 1.36. The Kier molecular flexibility index (Phi) is 4.21. The van der Waals surface area contributed by atoms with E-state index in [1.54, 1.807) is 11.0 Å². The average Bonchev–Trinajstić information content (AvgIpc) is 2.86. The van der Waals surface area contributed by atoms with Gasteiger partial charge in [-0.25, -0.2) is 4.79 Å². The molecule has 1 aromatic rings. The molecule has 1 aliphatic heterocycles. The maximum atomic E-state index is 12.3. The Balaban J connectivity index is 2.20. The normalized spacial score (nSPS) is 18.8. The molecule has 2 rings (SSSR count). The Hall–Kier alpha value is -1.11. The molecular weight excluding hydrogens is 345 g/mol. The summed E-state index contributed by atoms with van der Waals surface area (Å²) in [5.74, 6) is -0.423. The third kappa shape index (κ3) is 2.66. The predicted molar refractivity (Wildman–Crippen MR) is 75.2 cm³/mol. The summed E-state index contributed by atoms with van der Waals surface area (Å²) in [5, 5.41) is 0.